The SMILES string of the molecule is CCCn1cncc1CNC1CC=CCC1. The molecule has 0 bridgehead atoms. The van der Waals surface area contributed by atoms with Gasteiger partial charge < -0.3 is 9.88 Å². The zero-order valence-electron chi connectivity index (χ0n) is 10.0. The Balaban J connectivity index is 1.84. The highest BCUT2D eigenvalue weighted by atomic mass is 15.1. The summed E-state index contributed by atoms with van der Waals surface area (Å²) in [5.41, 5.74) is 1.30. The van der Waals surface area contributed by atoms with Gasteiger partial charge in [0.15, 0.2) is 0 Å². The third-order valence-corrected chi connectivity index (χ3v) is 3.10. The van der Waals surface area contributed by atoms with E-state index in [1.54, 1.807) is 0 Å². The molecule has 0 saturated carbocycles. The van der Waals surface area contributed by atoms with E-state index in [2.05, 4.69) is 33.9 Å². The van der Waals surface area contributed by atoms with E-state index in [-0.39, 0.29) is 0 Å². The van der Waals surface area contributed by atoms with Gasteiger partial charge in [-0.15, -0.1) is 0 Å². The Bertz CT molecular complexity index is 341. The first kappa shape index (κ1) is 11.4. The molecule has 0 amide bonds. The smallest absolute Gasteiger partial charge is 0.0948 e. The summed E-state index contributed by atoms with van der Waals surface area (Å²) >= 11 is 0. The molecule has 1 aliphatic rings. The van der Waals surface area contributed by atoms with Gasteiger partial charge in [-0.25, -0.2) is 4.98 Å². The quantitative estimate of drug-likeness (QED) is 0.771. The summed E-state index contributed by atoms with van der Waals surface area (Å²) in [5, 5.41) is 3.61. The van der Waals surface area contributed by atoms with Crippen LogP contribution in [0.15, 0.2) is 24.7 Å². The topological polar surface area (TPSA) is 29.9 Å². The number of nitrogens with zero attached hydrogens (tertiary/aromatic N) is 2. The summed E-state index contributed by atoms with van der Waals surface area (Å²) in [7, 11) is 0. The molecule has 0 spiro atoms. The third-order valence-electron chi connectivity index (χ3n) is 3.10. The van der Waals surface area contributed by atoms with Crippen LogP contribution in [-0.4, -0.2) is 15.6 Å². The number of aromatic nitrogens is 2. The van der Waals surface area contributed by atoms with E-state index in [9.17, 15) is 0 Å². The molecule has 1 heterocycles. The van der Waals surface area contributed by atoms with Crippen LogP contribution in [0.4, 0.5) is 0 Å². The van der Waals surface area contributed by atoms with Crippen LogP contribution in [-0.2, 0) is 13.1 Å². The van der Waals surface area contributed by atoms with Crippen molar-refractivity contribution in [3.8, 4) is 0 Å². The third kappa shape index (κ3) is 2.95. The average molecular weight is 219 g/mol. The fourth-order valence-electron chi connectivity index (χ4n) is 2.17. The molecule has 0 fully saturated rings. The molecule has 88 valence electrons. The van der Waals surface area contributed by atoms with Crippen LogP contribution in [0.5, 0.6) is 0 Å². The zero-order chi connectivity index (χ0) is 11.2. The number of aryl methyl sites for hydroxylation is 1. The minimum absolute atomic E-state index is 0.648. The molecule has 2 rings (SSSR count). The maximum Gasteiger partial charge on any atom is 0.0948 e. The monoisotopic (exact) mass is 219 g/mol. The van der Waals surface area contributed by atoms with Crippen molar-refractivity contribution in [2.24, 2.45) is 0 Å². The molecule has 0 saturated heterocycles. The van der Waals surface area contributed by atoms with Crippen molar-refractivity contribution in [2.45, 2.75) is 51.7 Å². The van der Waals surface area contributed by atoms with Gasteiger partial charge in [-0.05, 0) is 25.7 Å². The molecular formula is C13H21N3. The molecule has 1 unspecified atom stereocenters. The number of rotatable bonds is 5. The lowest BCUT2D eigenvalue weighted by Gasteiger charge is -2.19. The molecule has 0 aromatic carbocycles. The van der Waals surface area contributed by atoms with Gasteiger partial charge in [0, 0.05) is 25.3 Å². The maximum atomic E-state index is 4.21. The van der Waals surface area contributed by atoms with Crippen LogP contribution in [0.25, 0.3) is 0 Å². The van der Waals surface area contributed by atoms with Crippen LogP contribution < -0.4 is 5.32 Å². The van der Waals surface area contributed by atoms with Gasteiger partial charge in [-0.1, -0.05) is 19.1 Å². The number of imidazole rings is 1. The molecule has 16 heavy (non-hydrogen) atoms. The van der Waals surface area contributed by atoms with E-state index in [1.807, 2.05) is 12.5 Å². The summed E-state index contributed by atoms with van der Waals surface area (Å²) in [4.78, 5) is 4.21. The number of hydrogen-bond acceptors (Lipinski definition) is 2. The van der Waals surface area contributed by atoms with Gasteiger partial charge in [0.1, 0.15) is 0 Å². The van der Waals surface area contributed by atoms with E-state index < -0.39 is 0 Å². The Hall–Kier alpha value is -1.09. The molecule has 1 atom stereocenters. The van der Waals surface area contributed by atoms with Gasteiger partial charge >= 0.3 is 0 Å². The van der Waals surface area contributed by atoms with Crippen LogP contribution in [0.1, 0.15) is 38.3 Å². The number of hydrogen-bond donors (Lipinski definition) is 1. The van der Waals surface area contributed by atoms with Gasteiger partial charge in [0.2, 0.25) is 0 Å². The Kier molecular flexibility index (Phi) is 4.17. The molecule has 1 aromatic rings. The highest BCUT2D eigenvalue weighted by Gasteiger charge is 2.09. The molecule has 0 aliphatic heterocycles. The highest BCUT2D eigenvalue weighted by Crippen LogP contribution is 2.11. The van der Waals surface area contributed by atoms with Gasteiger partial charge in [-0.3, -0.25) is 0 Å². The van der Waals surface area contributed by atoms with Crippen LogP contribution in [0, 0.1) is 0 Å². The first-order valence-corrected chi connectivity index (χ1v) is 6.27. The second-order valence-corrected chi connectivity index (χ2v) is 4.44. The van der Waals surface area contributed by atoms with E-state index >= 15 is 0 Å². The maximum absolute atomic E-state index is 4.21. The van der Waals surface area contributed by atoms with E-state index in [0.717, 1.165) is 19.5 Å². The lowest BCUT2D eigenvalue weighted by Crippen LogP contribution is -2.30. The lowest BCUT2D eigenvalue weighted by atomic mass is 10.0. The minimum atomic E-state index is 0.648. The standard InChI is InChI=1S/C13H21N3/c1-2-8-16-11-14-9-13(16)10-15-12-6-4-3-5-7-12/h3-4,9,11-12,15H,2,5-8,10H2,1H3. The van der Waals surface area contributed by atoms with Crippen molar-refractivity contribution in [1.82, 2.24) is 14.9 Å². The summed E-state index contributed by atoms with van der Waals surface area (Å²) < 4.78 is 2.24. The fourth-order valence-corrected chi connectivity index (χ4v) is 2.17. The predicted octanol–water partition coefficient (Wildman–Crippen LogP) is 2.49. The van der Waals surface area contributed by atoms with Crippen LogP contribution >= 0.6 is 0 Å². The lowest BCUT2D eigenvalue weighted by molar-refractivity contribution is 0.463. The normalized spacial score (nSPS) is 20.2. The summed E-state index contributed by atoms with van der Waals surface area (Å²) in [6, 6.07) is 0.648. The first-order valence-electron chi connectivity index (χ1n) is 6.27. The van der Waals surface area contributed by atoms with Crippen LogP contribution in [0.3, 0.4) is 0 Å². The molecule has 0 radical (unpaired) electrons. The Labute approximate surface area is 97.6 Å². The van der Waals surface area contributed by atoms with Crippen molar-refractivity contribution < 1.29 is 0 Å². The van der Waals surface area contributed by atoms with Crippen LogP contribution in [0.2, 0.25) is 0 Å². The van der Waals surface area contributed by atoms with Crippen molar-refractivity contribution in [2.75, 3.05) is 0 Å². The molecule has 1 N–H and O–H groups in total. The molecule has 1 aromatic heterocycles. The van der Waals surface area contributed by atoms with E-state index in [1.165, 1.54) is 25.0 Å². The average Bonchev–Trinajstić information content (AvgIpc) is 2.76. The van der Waals surface area contributed by atoms with E-state index in [4.69, 9.17) is 0 Å². The second-order valence-electron chi connectivity index (χ2n) is 4.44. The van der Waals surface area contributed by atoms with Crippen molar-refractivity contribution in [3.63, 3.8) is 0 Å². The predicted molar refractivity (Wildman–Crippen MR) is 66.1 cm³/mol. The fraction of sp³-hybridized carbons (Fsp3) is 0.615. The van der Waals surface area contributed by atoms with Gasteiger partial charge in [-0.2, -0.15) is 0 Å². The summed E-state index contributed by atoms with van der Waals surface area (Å²) in [6.45, 7) is 4.21. The molecule has 3 nitrogen and oxygen atoms in total. The molecule has 1 aliphatic carbocycles. The second kappa shape index (κ2) is 5.85. The van der Waals surface area contributed by atoms with Gasteiger partial charge in [0.05, 0.1) is 12.0 Å². The minimum Gasteiger partial charge on any atom is -0.333 e. The molecular weight excluding hydrogens is 198 g/mol. The van der Waals surface area contributed by atoms with Crippen molar-refractivity contribution >= 4 is 0 Å². The molecule has 3 heteroatoms. The first-order chi connectivity index (χ1) is 7.90. The Morgan fingerprint density at radius 3 is 3.19 bits per heavy atom. The van der Waals surface area contributed by atoms with Gasteiger partial charge in [0.25, 0.3) is 0 Å². The largest absolute Gasteiger partial charge is 0.333 e. The highest BCUT2D eigenvalue weighted by molar-refractivity contribution is 5.00. The summed E-state index contributed by atoms with van der Waals surface area (Å²) in [6.07, 6.45) is 13.3. The Morgan fingerprint density at radius 2 is 2.44 bits per heavy atom. The summed E-state index contributed by atoms with van der Waals surface area (Å²) in [5.74, 6) is 0. The van der Waals surface area contributed by atoms with Crippen molar-refractivity contribution in [3.05, 3.63) is 30.4 Å². The zero-order valence-corrected chi connectivity index (χ0v) is 10.0. The number of nitrogens with one attached hydrogen (secondary N) is 1. The van der Waals surface area contributed by atoms with E-state index in [0.29, 0.717) is 6.04 Å². The number of allylic oxidation sites excluding steroid dienone is 1. The Morgan fingerprint density at radius 1 is 1.50 bits per heavy atom. The van der Waals surface area contributed by atoms with Crippen molar-refractivity contribution in [1.29, 1.82) is 0 Å².